The Kier molecular flexibility index (Phi) is 5.36. The molecule has 7 heteroatoms. The van der Waals surface area contributed by atoms with Crippen molar-refractivity contribution in [1.29, 1.82) is 0 Å². The second kappa shape index (κ2) is 7.19. The molecule has 2 aliphatic heterocycles. The largest absolute Gasteiger partial charge is 0.496 e. The maximum absolute atomic E-state index is 12.2. The summed E-state index contributed by atoms with van der Waals surface area (Å²) in [7, 11) is -0.408. The Morgan fingerprint density at radius 2 is 1.82 bits per heavy atom. The maximum Gasteiger partial charge on any atom is 0.496 e. The van der Waals surface area contributed by atoms with Crippen LogP contribution in [0.4, 0.5) is 4.79 Å². The molecule has 0 bridgehead atoms. The van der Waals surface area contributed by atoms with Crippen molar-refractivity contribution in [3.05, 3.63) is 30.1 Å². The van der Waals surface area contributed by atoms with E-state index in [1.807, 2.05) is 72.9 Å². The topological polar surface area (TPSA) is 60.9 Å². The van der Waals surface area contributed by atoms with Crippen LogP contribution < -0.4 is 5.46 Å². The summed E-state index contributed by atoms with van der Waals surface area (Å²) in [6.07, 6.45) is 4.34. The van der Waals surface area contributed by atoms with Gasteiger partial charge in [-0.25, -0.2) is 4.79 Å². The highest BCUT2D eigenvalue weighted by molar-refractivity contribution is 6.62. The molecule has 0 spiro atoms. The number of ether oxygens (including phenoxy) is 1. The lowest BCUT2D eigenvalue weighted by Gasteiger charge is -2.32. The number of hydrogen-bond donors (Lipinski definition) is 0. The molecule has 3 heterocycles. The molecule has 0 radical (unpaired) electrons. The van der Waals surface area contributed by atoms with E-state index in [2.05, 4.69) is 4.98 Å². The van der Waals surface area contributed by atoms with E-state index in [9.17, 15) is 4.79 Å². The Morgan fingerprint density at radius 1 is 1.18 bits per heavy atom. The van der Waals surface area contributed by atoms with Gasteiger partial charge in [-0.05, 0) is 66.5 Å². The van der Waals surface area contributed by atoms with Gasteiger partial charge in [0.05, 0.1) is 16.9 Å². The van der Waals surface area contributed by atoms with Crippen LogP contribution in [0.5, 0.6) is 0 Å². The van der Waals surface area contributed by atoms with Gasteiger partial charge >= 0.3 is 13.2 Å². The number of carbonyl (C=O) groups is 1. The molecule has 3 rings (SSSR count). The standard InChI is InChI=1S/C21H31BN2O4/c1-19(2,3)26-18(25)24-12-10-15(11-13-24)17-9-8-16(14-23-17)22-27-20(4,5)21(6,7)28-22/h8-10,14H,11-13H2,1-7H3. The molecule has 1 aromatic heterocycles. The highest BCUT2D eigenvalue weighted by atomic mass is 16.7. The van der Waals surface area contributed by atoms with Crippen molar-refractivity contribution in [3.63, 3.8) is 0 Å². The number of nitrogens with zero attached hydrogens (tertiary/aromatic N) is 2. The fraction of sp³-hybridized carbons (Fsp3) is 0.619. The first kappa shape index (κ1) is 20.9. The van der Waals surface area contributed by atoms with E-state index >= 15 is 0 Å². The Bertz CT molecular complexity index is 750. The smallest absolute Gasteiger partial charge is 0.444 e. The number of hydrogen-bond acceptors (Lipinski definition) is 5. The third kappa shape index (κ3) is 4.41. The lowest BCUT2D eigenvalue weighted by molar-refractivity contribution is 0.00578. The molecule has 152 valence electrons. The lowest BCUT2D eigenvalue weighted by Crippen LogP contribution is -2.41. The molecule has 1 amide bonds. The monoisotopic (exact) mass is 386 g/mol. The van der Waals surface area contributed by atoms with E-state index in [1.165, 1.54) is 0 Å². The Balaban J connectivity index is 1.64. The number of amides is 1. The predicted octanol–water partition coefficient (Wildman–Crippen LogP) is 3.41. The minimum Gasteiger partial charge on any atom is -0.444 e. The van der Waals surface area contributed by atoms with Crippen LogP contribution in [-0.4, -0.2) is 53.0 Å². The van der Waals surface area contributed by atoms with Gasteiger partial charge in [-0.2, -0.15) is 0 Å². The zero-order chi connectivity index (χ0) is 20.7. The molecule has 1 fully saturated rings. The van der Waals surface area contributed by atoms with E-state index in [-0.39, 0.29) is 17.3 Å². The van der Waals surface area contributed by atoms with Crippen LogP contribution in [0.3, 0.4) is 0 Å². The SMILES string of the molecule is CC(C)(C)OC(=O)N1CC=C(c2ccc(B3OC(C)(C)C(C)(C)O3)cn2)CC1. The first-order chi connectivity index (χ1) is 12.9. The van der Waals surface area contributed by atoms with E-state index < -0.39 is 12.7 Å². The average Bonchev–Trinajstić information content (AvgIpc) is 2.81. The average molecular weight is 386 g/mol. The molecule has 28 heavy (non-hydrogen) atoms. The van der Waals surface area contributed by atoms with Gasteiger partial charge in [0.2, 0.25) is 0 Å². The number of rotatable bonds is 2. The van der Waals surface area contributed by atoms with Gasteiger partial charge in [0.1, 0.15) is 5.60 Å². The Morgan fingerprint density at radius 3 is 2.29 bits per heavy atom. The minimum absolute atomic E-state index is 0.271. The number of carbonyl (C=O) groups excluding carboxylic acids is 1. The van der Waals surface area contributed by atoms with Crippen LogP contribution >= 0.6 is 0 Å². The summed E-state index contributed by atoms with van der Waals surface area (Å²) < 4.78 is 17.6. The van der Waals surface area contributed by atoms with E-state index in [1.54, 1.807) is 4.90 Å². The molecule has 0 N–H and O–H groups in total. The van der Waals surface area contributed by atoms with Crippen molar-refractivity contribution in [1.82, 2.24) is 9.88 Å². The van der Waals surface area contributed by atoms with Gasteiger partial charge in [0.15, 0.2) is 0 Å². The molecule has 0 saturated carbocycles. The molecule has 0 unspecified atom stereocenters. The molecule has 0 aromatic carbocycles. The molecular formula is C21H31BN2O4. The normalized spacial score (nSPS) is 21.5. The van der Waals surface area contributed by atoms with Crippen LogP contribution in [0.1, 0.15) is 60.6 Å². The molecule has 1 aromatic rings. The summed E-state index contributed by atoms with van der Waals surface area (Å²) in [6.45, 7) is 14.9. The minimum atomic E-state index is -0.480. The molecule has 0 atom stereocenters. The van der Waals surface area contributed by atoms with Crippen molar-refractivity contribution in [2.24, 2.45) is 0 Å². The molecular weight excluding hydrogens is 355 g/mol. The van der Waals surface area contributed by atoms with Gasteiger partial charge in [-0.1, -0.05) is 12.1 Å². The van der Waals surface area contributed by atoms with Gasteiger partial charge in [0, 0.05) is 24.7 Å². The van der Waals surface area contributed by atoms with Crippen LogP contribution in [0.15, 0.2) is 24.4 Å². The van der Waals surface area contributed by atoms with Gasteiger partial charge in [0.25, 0.3) is 0 Å². The van der Waals surface area contributed by atoms with Crippen molar-refractivity contribution < 1.29 is 18.8 Å². The second-order valence-electron chi connectivity index (χ2n) is 9.47. The number of aromatic nitrogens is 1. The zero-order valence-electron chi connectivity index (χ0n) is 18.0. The lowest BCUT2D eigenvalue weighted by atomic mass is 9.80. The van der Waals surface area contributed by atoms with E-state index in [0.29, 0.717) is 13.1 Å². The fourth-order valence-corrected chi connectivity index (χ4v) is 3.11. The third-order valence-electron chi connectivity index (χ3n) is 5.50. The molecule has 6 nitrogen and oxygen atoms in total. The summed E-state index contributed by atoms with van der Waals surface area (Å²) in [5.74, 6) is 0. The Labute approximate surface area is 168 Å². The third-order valence-corrected chi connectivity index (χ3v) is 5.50. The summed E-state index contributed by atoms with van der Waals surface area (Å²) >= 11 is 0. The van der Waals surface area contributed by atoms with Crippen molar-refractivity contribution in [2.75, 3.05) is 13.1 Å². The van der Waals surface area contributed by atoms with Gasteiger partial charge in [-0.3, -0.25) is 4.98 Å². The van der Waals surface area contributed by atoms with Crippen LogP contribution in [0.25, 0.3) is 5.57 Å². The first-order valence-corrected chi connectivity index (χ1v) is 9.87. The summed E-state index contributed by atoms with van der Waals surface area (Å²) in [4.78, 5) is 18.5. The molecule has 2 aliphatic rings. The summed E-state index contributed by atoms with van der Waals surface area (Å²) in [5, 5.41) is 0. The van der Waals surface area contributed by atoms with Crippen LogP contribution in [0, 0.1) is 0 Å². The first-order valence-electron chi connectivity index (χ1n) is 9.87. The van der Waals surface area contributed by atoms with Crippen molar-refractivity contribution >= 4 is 24.2 Å². The predicted molar refractivity (Wildman–Crippen MR) is 110 cm³/mol. The summed E-state index contributed by atoms with van der Waals surface area (Å²) in [6, 6.07) is 4.00. The van der Waals surface area contributed by atoms with Gasteiger partial charge in [-0.15, -0.1) is 0 Å². The van der Waals surface area contributed by atoms with Crippen LogP contribution in [-0.2, 0) is 14.0 Å². The summed E-state index contributed by atoms with van der Waals surface area (Å²) in [5.41, 5.74) is 1.76. The second-order valence-corrected chi connectivity index (χ2v) is 9.47. The molecule has 1 saturated heterocycles. The van der Waals surface area contributed by atoms with Crippen molar-refractivity contribution in [2.45, 2.75) is 71.7 Å². The van der Waals surface area contributed by atoms with E-state index in [0.717, 1.165) is 23.2 Å². The van der Waals surface area contributed by atoms with Crippen LogP contribution in [0.2, 0.25) is 0 Å². The maximum atomic E-state index is 12.2. The van der Waals surface area contributed by atoms with Crippen molar-refractivity contribution in [3.8, 4) is 0 Å². The van der Waals surface area contributed by atoms with Gasteiger partial charge < -0.3 is 18.9 Å². The fourth-order valence-electron chi connectivity index (χ4n) is 3.11. The zero-order valence-corrected chi connectivity index (χ0v) is 18.0. The van der Waals surface area contributed by atoms with E-state index in [4.69, 9.17) is 14.0 Å². The number of pyridine rings is 1. The highest BCUT2D eigenvalue weighted by Crippen LogP contribution is 2.36. The Hall–Kier alpha value is -1.86. The quantitative estimate of drug-likeness (QED) is 0.729. The molecule has 0 aliphatic carbocycles. The highest BCUT2D eigenvalue weighted by Gasteiger charge is 2.51.